The Morgan fingerprint density at radius 3 is 2.24 bits per heavy atom. The van der Waals surface area contributed by atoms with Crippen molar-refractivity contribution in [2.75, 3.05) is 0 Å². The van der Waals surface area contributed by atoms with E-state index < -0.39 is 0 Å². The topological polar surface area (TPSA) is 24.9 Å². The van der Waals surface area contributed by atoms with Crippen molar-refractivity contribution in [3.63, 3.8) is 0 Å². The van der Waals surface area contributed by atoms with E-state index >= 15 is 0 Å². The van der Waals surface area contributed by atoms with E-state index in [2.05, 4.69) is 71.1 Å². The summed E-state index contributed by atoms with van der Waals surface area (Å²) in [5.41, 5.74) is 3.88. The van der Waals surface area contributed by atoms with Crippen LogP contribution in [0.4, 0.5) is 0 Å². The van der Waals surface area contributed by atoms with Crippen molar-refractivity contribution in [1.29, 1.82) is 0 Å². The van der Waals surface area contributed by atoms with E-state index in [0.717, 1.165) is 0 Å². The van der Waals surface area contributed by atoms with Gasteiger partial charge in [-0.1, -0.05) is 38.1 Å². The van der Waals surface area contributed by atoms with Crippen LogP contribution >= 0.6 is 11.3 Å². The van der Waals surface area contributed by atoms with Gasteiger partial charge in [0.25, 0.3) is 0 Å². The second kappa shape index (κ2) is 6.71. The van der Waals surface area contributed by atoms with Gasteiger partial charge in [0.15, 0.2) is 0 Å². The van der Waals surface area contributed by atoms with Crippen molar-refractivity contribution < 1.29 is 0 Å². The first-order valence-corrected chi connectivity index (χ1v) is 8.50. The zero-order valence-electron chi connectivity index (χ0n) is 13.9. The maximum absolute atomic E-state index is 4.71. The van der Waals surface area contributed by atoms with Crippen LogP contribution in [0.2, 0.25) is 0 Å². The number of hydrogen-bond acceptors (Lipinski definition) is 3. The van der Waals surface area contributed by atoms with Crippen LogP contribution in [0.5, 0.6) is 0 Å². The lowest BCUT2D eigenvalue weighted by Gasteiger charge is -2.21. The van der Waals surface area contributed by atoms with E-state index in [1.165, 1.54) is 26.7 Å². The average Bonchev–Trinajstić information content (AvgIpc) is 2.81. The van der Waals surface area contributed by atoms with Crippen LogP contribution in [0.3, 0.4) is 0 Å². The van der Waals surface area contributed by atoms with Crippen LogP contribution < -0.4 is 5.32 Å². The number of hydrogen-bond donors (Lipinski definition) is 1. The van der Waals surface area contributed by atoms with Gasteiger partial charge in [-0.15, -0.1) is 11.3 Å². The van der Waals surface area contributed by atoms with Gasteiger partial charge in [0, 0.05) is 22.9 Å². The van der Waals surface area contributed by atoms with E-state index in [1.54, 1.807) is 0 Å². The lowest BCUT2D eigenvalue weighted by molar-refractivity contribution is 0.496. The van der Waals surface area contributed by atoms with Crippen molar-refractivity contribution in [2.45, 2.75) is 59.5 Å². The second-order valence-corrected chi connectivity index (χ2v) is 7.19. The highest BCUT2D eigenvalue weighted by Gasteiger charge is 2.18. The minimum atomic E-state index is 0.324. The summed E-state index contributed by atoms with van der Waals surface area (Å²) in [5, 5.41) is 4.95. The smallest absolute Gasteiger partial charge is 0.0956 e. The van der Waals surface area contributed by atoms with Gasteiger partial charge in [-0.05, 0) is 38.8 Å². The van der Waals surface area contributed by atoms with Crippen LogP contribution in [0.1, 0.15) is 72.4 Å². The average molecular weight is 302 g/mol. The molecular formula is C18H26N2S. The molecule has 1 heterocycles. The molecule has 0 amide bonds. The molecule has 0 aliphatic rings. The fourth-order valence-electron chi connectivity index (χ4n) is 2.69. The third-order valence-electron chi connectivity index (χ3n) is 3.89. The Bertz CT molecular complexity index is 601. The van der Waals surface area contributed by atoms with Gasteiger partial charge in [-0.2, -0.15) is 0 Å². The standard InChI is InChI=1S/C18H26N2S/c1-11(2)18-20-15(6)17(21-18)14(5)19-13(4)16-10-8-7-9-12(16)3/h7-11,13-14,19H,1-6H3/t13-,14-/m1/s1. The number of nitrogens with one attached hydrogen (secondary N) is 1. The normalized spacial score (nSPS) is 14.4. The molecule has 2 atom stereocenters. The molecule has 2 aromatic rings. The summed E-state index contributed by atoms with van der Waals surface area (Å²) >= 11 is 1.84. The highest BCUT2D eigenvalue weighted by atomic mass is 32.1. The van der Waals surface area contributed by atoms with Crippen molar-refractivity contribution in [3.05, 3.63) is 51.0 Å². The number of aryl methyl sites for hydroxylation is 2. The third kappa shape index (κ3) is 3.72. The van der Waals surface area contributed by atoms with Crippen LogP contribution in [-0.2, 0) is 0 Å². The molecule has 0 radical (unpaired) electrons. The first-order valence-electron chi connectivity index (χ1n) is 7.69. The molecule has 21 heavy (non-hydrogen) atoms. The second-order valence-electron chi connectivity index (χ2n) is 6.12. The Kier molecular flexibility index (Phi) is 5.17. The van der Waals surface area contributed by atoms with Gasteiger partial charge in [-0.3, -0.25) is 0 Å². The lowest BCUT2D eigenvalue weighted by Crippen LogP contribution is -2.22. The molecule has 0 unspecified atom stereocenters. The number of thiazole rings is 1. The molecule has 0 aliphatic heterocycles. The number of nitrogens with zero attached hydrogens (tertiary/aromatic N) is 1. The molecule has 2 rings (SSSR count). The van der Waals surface area contributed by atoms with Crippen molar-refractivity contribution in [1.82, 2.24) is 10.3 Å². The molecular weight excluding hydrogens is 276 g/mol. The quantitative estimate of drug-likeness (QED) is 0.811. The Morgan fingerprint density at radius 1 is 1.00 bits per heavy atom. The molecule has 3 heteroatoms. The predicted octanol–water partition coefficient (Wildman–Crippen LogP) is 5.30. The fraction of sp³-hybridized carbons (Fsp3) is 0.500. The molecule has 0 aliphatic carbocycles. The molecule has 0 bridgehead atoms. The summed E-state index contributed by atoms with van der Waals surface area (Å²) in [6.45, 7) is 13.2. The minimum absolute atomic E-state index is 0.324. The molecule has 1 aromatic heterocycles. The zero-order chi connectivity index (χ0) is 15.6. The third-order valence-corrected chi connectivity index (χ3v) is 5.53. The summed E-state index contributed by atoms with van der Waals surface area (Å²) in [4.78, 5) is 6.07. The van der Waals surface area contributed by atoms with Crippen LogP contribution in [0, 0.1) is 13.8 Å². The highest BCUT2D eigenvalue weighted by molar-refractivity contribution is 7.11. The van der Waals surface area contributed by atoms with E-state index in [4.69, 9.17) is 4.98 Å². The maximum atomic E-state index is 4.71. The SMILES string of the molecule is Cc1ccccc1[C@@H](C)N[C@H](C)c1sc(C(C)C)nc1C. The Labute approximate surface area is 132 Å². The van der Waals surface area contributed by atoms with Crippen LogP contribution in [-0.4, -0.2) is 4.98 Å². The van der Waals surface area contributed by atoms with Gasteiger partial charge in [-0.25, -0.2) is 4.98 Å². The number of rotatable bonds is 5. The first-order chi connectivity index (χ1) is 9.90. The van der Waals surface area contributed by atoms with E-state index in [9.17, 15) is 0 Å². The van der Waals surface area contributed by atoms with Crippen LogP contribution in [0.25, 0.3) is 0 Å². The van der Waals surface area contributed by atoms with Gasteiger partial charge < -0.3 is 5.32 Å². The van der Waals surface area contributed by atoms with Crippen LogP contribution in [0.15, 0.2) is 24.3 Å². The molecule has 0 saturated carbocycles. The van der Waals surface area contributed by atoms with E-state index in [1.807, 2.05) is 11.3 Å². The summed E-state index contributed by atoms with van der Waals surface area (Å²) < 4.78 is 0. The fourth-order valence-corrected chi connectivity index (χ4v) is 3.77. The molecule has 1 N–H and O–H groups in total. The molecule has 2 nitrogen and oxygen atoms in total. The molecule has 0 spiro atoms. The van der Waals surface area contributed by atoms with Gasteiger partial charge in [0.2, 0.25) is 0 Å². The van der Waals surface area contributed by atoms with Gasteiger partial charge in [0.05, 0.1) is 10.7 Å². The molecule has 0 fully saturated rings. The number of aromatic nitrogens is 1. The highest BCUT2D eigenvalue weighted by Crippen LogP contribution is 2.31. The molecule has 0 saturated heterocycles. The summed E-state index contributed by atoms with van der Waals surface area (Å²) in [7, 11) is 0. The van der Waals surface area contributed by atoms with Crippen molar-refractivity contribution in [3.8, 4) is 0 Å². The minimum Gasteiger partial charge on any atom is -0.303 e. The molecule has 1 aromatic carbocycles. The number of benzene rings is 1. The lowest BCUT2D eigenvalue weighted by atomic mass is 10.0. The van der Waals surface area contributed by atoms with E-state index in [-0.39, 0.29) is 0 Å². The monoisotopic (exact) mass is 302 g/mol. The Hall–Kier alpha value is -1.19. The van der Waals surface area contributed by atoms with E-state index in [0.29, 0.717) is 18.0 Å². The van der Waals surface area contributed by atoms with Crippen molar-refractivity contribution >= 4 is 11.3 Å². The summed E-state index contributed by atoms with van der Waals surface area (Å²) in [6.07, 6.45) is 0. The van der Waals surface area contributed by atoms with Crippen molar-refractivity contribution in [2.24, 2.45) is 0 Å². The first kappa shape index (κ1) is 16.2. The van der Waals surface area contributed by atoms with Gasteiger partial charge in [0.1, 0.15) is 0 Å². The summed E-state index contributed by atoms with van der Waals surface area (Å²) in [6, 6.07) is 9.25. The maximum Gasteiger partial charge on any atom is 0.0956 e. The summed E-state index contributed by atoms with van der Waals surface area (Å²) in [5.74, 6) is 0.503. The van der Waals surface area contributed by atoms with Gasteiger partial charge >= 0.3 is 0 Å². The Morgan fingerprint density at radius 2 is 1.67 bits per heavy atom. The Balaban J connectivity index is 2.14. The molecule has 114 valence electrons. The predicted molar refractivity (Wildman–Crippen MR) is 92.1 cm³/mol. The zero-order valence-corrected chi connectivity index (χ0v) is 14.7. The largest absolute Gasteiger partial charge is 0.303 e.